The zero-order chi connectivity index (χ0) is 12.5. The lowest BCUT2D eigenvalue weighted by atomic mass is 10.1. The summed E-state index contributed by atoms with van der Waals surface area (Å²) in [6, 6.07) is 12.7. The van der Waals surface area contributed by atoms with E-state index in [1.807, 2.05) is 0 Å². The van der Waals surface area contributed by atoms with Crippen LogP contribution in [-0.4, -0.2) is 12.4 Å². The second kappa shape index (κ2) is 4.73. The summed E-state index contributed by atoms with van der Waals surface area (Å²) in [5, 5.41) is 10.5. The van der Waals surface area contributed by atoms with Crippen molar-refractivity contribution in [3.05, 3.63) is 40.9 Å². The van der Waals surface area contributed by atoms with E-state index in [2.05, 4.69) is 57.2 Å². The Hall–Kier alpha value is -1.35. The van der Waals surface area contributed by atoms with Gasteiger partial charge in [0.2, 0.25) is 0 Å². The first-order valence-corrected chi connectivity index (χ1v) is 7.08. The second-order valence-electron chi connectivity index (χ2n) is 4.73. The van der Waals surface area contributed by atoms with E-state index in [0.29, 0.717) is 0 Å². The zero-order valence-corrected chi connectivity index (χ0v) is 11.7. The van der Waals surface area contributed by atoms with E-state index < -0.39 is 0 Å². The van der Waals surface area contributed by atoms with Gasteiger partial charge in [-0.1, -0.05) is 28.1 Å². The summed E-state index contributed by atoms with van der Waals surface area (Å²) in [7, 11) is 0. The fourth-order valence-corrected chi connectivity index (χ4v) is 2.87. The molecule has 0 aromatic heterocycles. The Morgan fingerprint density at radius 2 is 1.78 bits per heavy atom. The minimum absolute atomic E-state index is 0.748. The van der Waals surface area contributed by atoms with Gasteiger partial charge < -0.3 is 4.90 Å². The van der Waals surface area contributed by atoms with Crippen molar-refractivity contribution in [3.63, 3.8) is 0 Å². The minimum atomic E-state index is 0.748. The molecule has 18 heavy (non-hydrogen) atoms. The van der Waals surface area contributed by atoms with Gasteiger partial charge in [0.1, 0.15) is 5.84 Å². The molecule has 2 nitrogen and oxygen atoms in total. The predicted octanol–water partition coefficient (Wildman–Crippen LogP) is 4.57. The van der Waals surface area contributed by atoms with E-state index >= 15 is 0 Å². The van der Waals surface area contributed by atoms with Crippen LogP contribution in [-0.2, 0) is 0 Å². The molecule has 0 amide bonds. The first kappa shape index (κ1) is 11.7. The molecule has 2 aromatic carbocycles. The third-order valence-corrected chi connectivity index (χ3v) is 3.96. The third-order valence-electron chi connectivity index (χ3n) is 3.47. The molecule has 1 fully saturated rings. The molecule has 0 unspecified atom stereocenters. The normalized spacial score (nSPS) is 16.3. The van der Waals surface area contributed by atoms with E-state index in [4.69, 9.17) is 5.41 Å². The van der Waals surface area contributed by atoms with Crippen molar-refractivity contribution >= 4 is 38.2 Å². The van der Waals surface area contributed by atoms with Crippen LogP contribution >= 0.6 is 15.9 Å². The van der Waals surface area contributed by atoms with E-state index in [1.54, 1.807) is 0 Å². The maximum Gasteiger partial charge on any atom is 0.100 e. The third kappa shape index (κ3) is 2.15. The summed E-state index contributed by atoms with van der Waals surface area (Å²) in [4.78, 5) is 2.13. The van der Waals surface area contributed by atoms with Crippen molar-refractivity contribution < 1.29 is 0 Å². The predicted molar refractivity (Wildman–Crippen MR) is 80.6 cm³/mol. The molecule has 3 heteroatoms. The number of fused-ring (bicyclic) bond motifs is 1. The summed E-state index contributed by atoms with van der Waals surface area (Å²) < 4.78 is 1.11. The lowest BCUT2D eigenvalue weighted by Gasteiger charge is -2.29. The van der Waals surface area contributed by atoms with Crippen molar-refractivity contribution in [1.82, 2.24) is 0 Å². The molecular formula is C15H15BrN2. The van der Waals surface area contributed by atoms with Crippen LogP contribution in [0.4, 0.5) is 5.69 Å². The molecule has 3 rings (SSSR count). The van der Waals surface area contributed by atoms with Crippen LogP contribution < -0.4 is 4.90 Å². The maximum atomic E-state index is 8.04. The van der Waals surface area contributed by atoms with Crippen molar-refractivity contribution in [3.8, 4) is 0 Å². The van der Waals surface area contributed by atoms with Gasteiger partial charge in [-0.2, -0.15) is 0 Å². The Labute approximate surface area is 115 Å². The molecule has 1 saturated heterocycles. The molecule has 1 N–H and O–H groups in total. The molecule has 0 radical (unpaired) electrons. The molecule has 2 aromatic rings. The molecule has 0 spiro atoms. The van der Waals surface area contributed by atoms with Gasteiger partial charge in [-0.15, -0.1) is 0 Å². The highest BCUT2D eigenvalue weighted by Gasteiger charge is 2.16. The SMILES string of the molecule is N=C1CCCCN1c1ccc2cc(Br)ccc2c1. The van der Waals surface area contributed by atoms with Crippen molar-refractivity contribution in [2.24, 2.45) is 0 Å². The van der Waals surface area contributed by atoms with Crippen LogP contribution in [0.1, 0.15) is 19.3 Å². The minimum Gasteiger partial charge on any atom is -0.330 e. The number of halogens is 1. The van der Waals surface area contributed by atoms with Crippen LogP contribution in [0.3, 0.4) is 0 Å². The number of benzene rings is 2. The van der Waals surface area contributed by atoms with Crippen LogP contribution in [0.25, 0.3) is 10.8 Å². The lowest BCUT2D eigenvalue weighted by Crippen LogP contribution is -2.34. The molecular weight excluding hydrogens is 288 g/mol. The Morgan fingerprint density at radius 1 is 1.00 bits per heavy atom. The van der Waals surface area contributed by atoms with Gasteiger partial charge in [-0.05, 0) is 47.9 Å². The van der Waals surface area contributed by atoms with Crippen LogP contribution in [0, 0.1) is 5.41 Å². The van der Waals surface area contributed by atoms with Crippen molar-refractivity contribution in [1.29, 1.82) is 5.41 Å². The van der Waals surface area contributed by atoms with Gasteiger partial charge in [-0.25, -0.2) is 0 Å². The lowest BCUT2D eigenvalue weighted by molar-refractivity contribution is 0.708. The van der Waals surface area contributed by atoms with Gasteiger partial charge in [0.15, 0.2) is 0 Å². The number of amidine groups is 1. The Morgan fingerprint density at radius 3 is 2.61 bits per heavy atom. The first-order valence-electron chi connectivity index (χ1n) is 6.28. The second-order valence-corrected chi connectivity index (χ2v) is 5.65. The molecule has 1 aliphatic heterocycles. The Kier molecular flexibility index (Phi) is 3.08. The summed E-state index contributed by atoms with van der Waals surface area (Å²) in [5.74, 6) is 0.748. The monoisotopic (exact) mass is 302 g/mol. The highest BCUT2D eigenvalue weighted by Crippen LogP contribution is 2.27. The number of rotatable bonds is 1. The summed E-state index contributed by atoms with van der Waals surface area (Å²) >= 11 is 3.49. The van der Waals surface area contributed by atoms with E-state index in [1.165, 1.54) is 17.2 Å². The molecule has 0 saturated carbocycles. The fraction of sp³-hybridized carbons (Fsp3) is 0.267. The van der Waals surface area contributed by atoms with E-state index in [0.717, 1.165) is 35.4 Å². The average Bonchev–Trinajstić information content (AvgIpc) is 2.39. The highest BCUT2D eigenvalue weighted by molar-refractivity contribution is 9.10. The number of anilines is 1. The zero-order valence-electron chi connectivity index (χ0n) is 10.1. The van der Waals surface area contributed by atoms with Crippen molar-refractivity contribution in [2.75, 3.05) is 11.4 Å². The first-order chi connectivity index (χ1) is 8.74. The number of hydrogen-bond donors (Lipinski definition) is 1. The highest BCUT2D eigenvalue weighted by atomic mass is 79.9. The molecule has 0 aliphatic carbocycles. The summed E-state index contributed by atoms with van der Waals surface area (Å²) in [5.41, 5.74) is 1.15. The molecule has 0 atom stereocenters. The Bertz CT molecular complexity index is 606. The smallest absolute Gasteiger partial charge is 0.100 e. The van der Waals surface area contributed by atoms with Gasteiger partial charge in [-0.3, -0.25) is 5.41 Å². The van der Waals surface area contributed by atoms with Gasteiger partial charge >= 0.3 is 0 Å². The quantitative estimate of drug-likeness (QED) is 0.821. The van der Waals surface area contributed by atoms with Crippen LogP contribution in [0.5, 0.6) is 0 Å². The number of hydrogen-bond acceptors (Lipinski definition) is 1. The van der Waals surface area contributed by atoms with Gasteiger partial charge in [0.05, 0.1) is 0 Å². The van der Waals surface area contributed by atoms with Gasteiger partial charge in [0, 0.05) is 23.1 Å². The molecule has 0 bridgehead atoms. The largest absolute Gasteiger partial charge is 0.330 e. The average molecular weight is 303 g/mol. The van der Waals surface area contributed by atoms with E-state index in [-0.39, 0.29) is 0 Å². The Balaban J connectivity index is 2.02. The molecule has 1 aliphatic rings. The standard InChI is InChI=1S/C15H15BrN2/c16-13-6-4-12-10-14(7-5-11(12)9-13)18-8-2-1-3-15(18)17/h4-7,9-10,17H,1-3,8H2. The maximum absolute atomic E-state index is 8.04. The summed E-state index contributed by atoms with van der Waals surface area (Å²) in [6.45, 7) is 0.973. The fourth-order valence-electron chi connectivity index (χ4n) is 2.49. The molecule has 92 valence electrons. The van der Waals surface area contributed by atoms with E-state index in [9.17, 15) is 0 Å². The van der Waals surface area contributed by atoms with Crippen LogP contribution in [0.2, 0.25) is 0 Å². The van der Waals surface area contributed by atoms with Crippen LogP contribution in [0.15, 0.2) is 40.9 Å². The number of piperidine rings is 1. The van der Waals surface area contributed by atoms with Gasteiger partial charge in [0.25, 0.3) is 0 Å². The number of nitrogens with one attached hydrogen (secondary N) is 1. The number of nitrogens with zero attached hydrogens (tertiary/aromatic N) is 1. The molecule has 1 heterocycles. The van der Waals surface area contributed by atoms with Crippen molar-refractivity contribution in [2.45, 2.75) is 19.3 Å². The topological polar surface area (TPSA) is 27.1 Å². The summed E-state index contributed by atoms with van der Waals surface area (Å²) in [6.07, 6.45) is 3.23.